The molecule has 1 atom stereocenters. The molecule has 1 saturated heterocycles. The number of hydrogen-bond donors (Lipinski definition) is 2. The van der Waals surface area contributed by atoms with Crippen LogP contribution < -0.4 is 4.90 Å². The third-order valence-electron chi connectivity index (χ3n) is 3.19. The normalized spacial score (nSPS) is 19.7. The summed E-state index contributed by atoms with van der Waals surface area (Å²) in [4.78, 5) is 20.6. The van der Waals surface area contributed by atoms with Crippen LogP contribution in [0.1, 0.15) is 5.69 Å². The standard InChI is InChI=1S/C11H13F3N4O3/c12-11(13,14)8-3-16-9(4-15-8)18-2-1-17(10(20)21)5-7(18)6-19/h3-4,7,19H,1-2,5-6H2,(H,20,21)/t7-/m0/s1. The van der Waals surface area contributed by atoms with Crippen LogP contribution in [-0.2, 0) is 6.18 Å². The summed E-state index contributed by atoms with van der Waals surface area (Å²) in [6, 6.07) is -0.569. The Balaban J connectivity index is 2.16. The van der Waals surface area contributed by atoms with Crippen molar-refractivity contribution < 1.29 is 28.2 Å². The topological polar surface area (TPSA) is 89.8 Å². The summed E-state index contributed by atoms with van der Waals surface area (Å²) in [5.74, 6) is 0.173. The van der Waals surface area contributed by atoms with Crippen molar-refractivity contribution in [3.8, 4) is 0 Å². The minimum atomic E-state index is -4.57. The van der Waals surface area contributed by atoms with E-state index >= 15 is 0 Å². The summed E-state index contributed by atoms with van der Waals surface area (Å²) in [5, 5.41) is 18.2. The van der Waals surface area contributed by atoms with Crippen LogP contribution in [0.3, 0.4) is 0 Å². The monoisotopic (exact) mass is 306 g/mol. The van der Waals surface area contributed by atoms with Crippen molar-refractivity contribution in [3.05, 3.63) is 18.1 Å². The second-order valence-corrected chi connectivity index (χ2v) is 4.52. The van der Waals surface area contributed by atoms with Gasteiger partial charge in [-0.3, -0.25) is 0 Å². The molecule has 0 aliphatic carbocycles. The molecule has 2 N–H and O–H groups in total. The minimum Gasteiger partial charge on any atom is -0.465 e. The van der Waals surface area contributed by atoms with Gasteiger partial charge < -0.3 is 20.0 Å². The van der Waals surface area contributed by atoms with E-state index < -0.39 is 24.0 Å². The summed E-state index contributed by atoms with van der Waals surface area (Å²) in [6.45, 7) is 0.104. The number of aromatic nitrogens is 2. The maximum absolute atomic E-state index is 12.4. The summed E-state index contributed by atoms with van der Waals surface area (Å²) in [7, 11) is 0. The number of carbonyl (C=O) groups is 1. The van der Waals surface area contributed by atoms with E-state index in [1.165, 1.54) is 0 Å². The molecule has 21 heavy (non-hydrogen) atoms. The number of nitrogens with zero attached hydrogens (tertiary/aromatic N) is 4. The molecule has 0 saturated carbocycles. The van der Waals surface area contributed by atoms with Crippen molar-refractivity contribution in [1.82, 2.24) is 14.9 Å². The first kappa shape index (κ1) is 15.3. The molecule has 2 heterocycles. The molecule has 1 aromatic rings. The van der Waals surface area contributed by atoms with Gasteiger partial charge in [0.1, 0.15) is 5.82 Å². The van der Waals surface area contributed by atoms with Gasteiger partial charge in [-0.2, -0.15) is 13.2 Å². The number of alkyl halides is 3. The number of aliphatic hydroxyl groups is 1. The maximum atomic E-state index is 12.4. The molecule has 1 aromatic heterocycles. The largest absolute Gasteiger partial charge is 0.465 e. The van der Waals surface area contributed by atoms with E-state index in [2.05, 4.69) is 9.97 Å². The minimum absolute atomic E-state index is 0.0501. The molecular weight excluding hydrogens is 293 g/mol. The first-order chi connectivity index (χ1) is 9.82. The van der Waals surface area contributed by atoms with Crippen LogP contribution >= 0.6 is 0 Å². The predicted molar refractivity (Wildman–Crippen MR) is 64.9 cm³/mol. The molecule has 116 valence electrons. The summed E-state index contributed by atoms with van der Waals surface area (Å²) in [5.41, 5.74) is -1.10. The molecule has 1 aliphatic heterocycles. The van der Waals surface area contributed by atoms with E-state index in [9.17, 15) is 23.1 Å². The highest BCUT2D eigenvalue weighted by Gasteiger charge is 2.34. The second kappa shape index (κ2) is 5.72. The lowest BCUT2D eigenvalue weighted by Gasteiger charge is -2.40. The molecule has 1 aliphatic rings. The first-order valence-electron chi connectivity index (χ1n) is 6.07. The first-order valence-corrected chi connectivity index (χ1v) is 6.07. The van der Waals surface area contributed by atoms with Crippen molar-refractivity contribution >= 4 is 11.9 Å². The molecule has 0 aromatic carbocycles. The Morgan fingerprint density at radius 2 is 2.05 bits per heavy atom. The number of carboxylic acid groups (broad SMARTS) is 1. The fourth-order valence-electron chi connectivity index (χ4n) is 2.10. The van der Waals surface area contributed by atoms with Gasteiger partial charge >= 0.3 is 12.3 Å². The molecule has 0 unspecified atom stereocenters. The van der Waals surface area contributed by atoms with E-state index in [1.54, 1.807) is 4.90 Å². The third-order valence-corrected chi connectivity index (χ3v) is 3.19. The highest BCUT2D eigenvalue weighted by molar-refractivity contribution is 5.65. The van der Waals surface area contributed by atoms with Crippen LogP contribution in [0.2, 0.25) is 0 Å². The van der Waals surface area contributed by atoms with Gasteiger partial charge in [0.05, 0.1) is 25.0 Å². The molecule has 7 nitrogen and oxygen atoms in total. The Bertz CT molecular complexity index is 508. The average Bonchev–Trinajstić information content (AvgIpc) is 2.45. The number of rotatable bonds is 2. The van der Waals surface area contributed by atoms with E-state index in [-0.39, 0.29) is 32.1 Å². The van der Waals surface area contributed by atoms with Crippen LogP contribution in [-0.4, -0.2) is 63.5 Å². The van der Waals surface area contributed by atoms with E-state index in [1.807, 2.05) is 0 Å². The number of halogens is 3. The second-order valence-electron chi connectivity index (χ2n) is 4.52. The van der Waals surface area contributed by atoms with Crippen molar-refractivity contribution in [2.75, 3.05) is 31.1 Å². The number of hydrogen-bond acceptors (Lipinski definition) is 5. The SMILES string of the molecule is O=C(O)N1CCN(c2cnc(C(F)(F)F)cn2)[C@H](CO)C1. The predicted octanol–water partition coefficient (Wildman–Crippen LogP) is 0.656. The van der Waals surface area contributed by atoms with E-state index in [4.69, 9.17) is 5.11 Å². The fourth-order valence-corrected chi connectivity index (χ4v) is 2.10. The summed E-state index contributed by atoms with van der Waals surface area (Å²) >= 11 is 0. The van der Waals surface area contributed by atoms with Gasteiger partial charge in [0.2, 0.25) is 0 Å². The zero-order valence-corrected chi connectivity index (χ0v) is 10.8. The average molecular weight is 306 g/mol. The number of piperazine rings is 1. The number of amides is 1. The van der Waals surface area contributed by atoms with Crippen LogP contribution in [0.4, 0.5) is 23.8 Å². The highest BCUT2D eigenvalue weighted by Crippen LogP contribution is 2.27. The quantitative estimate of drug-likeness (QED) is 0.834. The zero-order chi connectivity index (χ0) is 15.6. The Kier molecular flexibility index (Phi) is 4.16. The molecule has 0 bridgehead atoms. The Morgan fingerprint density at radius 3 is 2.52 bits per heavy atom. The van der Waals surface area contributed by atoms with Crippen molar-refractivity contribution in [1.29, 1.82) is 0 Å². The van der Waals surface area contributed by atoms with Crippen LogP contribution in [0, 0.1) is 0 Å². The van der Waals surface area contributed by atoms with Gasteiger partial charge in [-0.25, -0.2) is 14.8 Å². The fraction of sp³-hybridized carbons (Fsp3) is 0.545. The molecule has 1 amide bonds. The molecule has 1 fully saturated rings. The summed E-state index contributed by atoms with van der Waals surface area (Å²) in [6.07, 6.45) is -4.08. The van der Waals surface area contributed by atoms with Gasteiger partial charge in [-0.1, -0.05) is 0 Å². The van der Waals surface area contributed by atoms with Crippen molar-refractivity contribution in [2.24, 2.45) is 0 Å². The van der Waals surface area contributed by atoms with Crippen molar-refractivity contribution in [2.45, 2.75) is 12.2 Å². The van der Waals surface area contributed by atoms with E-state index in [0.717, 1.165) is 11.1 Å². The highest BCUT2D eigenvalue weighted by atomic mass is 19.4. The molecule has 10 heteroatoms. The Labute approximate surface area is 117 Å². The van der Waals surface area contributed by atoms with Crippen LogP contribution in [0.25, 0.3) is 0 Å². The van der Waals surface area contributed by atoms with Gasteiger partial charge in [0.25, 0.3) is 0 Å². The molecule has 0 spiro atoms. The maximum Gasteiger partial charge on any atom is 0.434 e. The van der Waals surface area contributed by atoms with Gasteiger partial charge in [0.15, 0.2) is 5.69 Å². The van der Waals surface area contributed by atoms with E-state index in [0.29, 0.717) is 6.20 Å². The Hall–Kier alpha value is -2.10. The lowest BCUT2D eigenvalue weighted by molar-refractivity contribution is -0.141. The van der Waals surface area contributed by atoms with Gasteiger partial charge in [-0.15, -0.1) is 0 Å². The smallest absolute Gasteiger partial charge is 0.434 e. The number of aliphatic hydroxyl groups excluding tert-OH is 1. The third kappa shape index (κ3) is 3.32. The summed E-state index contributed by atoms with van der Waals surface area (Å²) < 4.78 is 37.3. The Morgan fingerprint density at radius 1 is 1.33 bits per heavy atom. The van der Waals surface area contributed by atoms with Gasteiger partial charge in [0, 0.05) is 19.6 Å². The van der Waals surface area contributed by atoms with Crippen LogP contribution in [0.15, 0.2) is 12.4 Å². The molecule has 2 rings (SSSR count). The zero-order valence-electron chi connectivity index (χ0n) is 10.8. The lowest BCUT2D eigenvalue weighted by Crippen LogP contribution is -2.56. The lowest BCUT2D eigenvalue weighted by atomic mass is 10.2. The van der Waals surface area contributed by atoms with Crippen molar-refractivity contribution in [3.63, 3.8) is 0 Å². The van der Waals surface area contributed by atoms with Crippen LogP contribution in [0.5, 0.6) is 0 Å². The number of anilines is 1. The molecular formula is C11H13F3N4O3. The molecule has 0 radical (unpaired) electrons. The van der Waals surface area contributed by atoms with Gasteiger partial charge in [-0.05, 0) is 0 Å².